The van der Waals surface area contributed by atoms with Crippen molar-refractivity contribution in [2.24, 2.45) is 0 Å². The van der Waals surface area contributed by atoms with Crippen molar-refractivity contribution >= 4 is 15.4 Å². The van der Waals surface area contributed by atoms with Crippen LogP contribution < -0.4 is 9.47 Å². The molecule has 3 aromatic rings. The lowest BCUT2D eigenvalue weighted by Gasteiger charge is -2.34. The van der Waals surface area contributed by atoms with Crippen LogP contribution in [0.1, 0.15) is 58.3 Å². The third-order valence-corrected chi connectivity index (χ3v) is 24.1. The Morgan fingerprint density at radius 3 is 1.71 bits per heavy atom. The summed E-state index contributed by atoms with van der Waals surface area (Å²) in [6.07, 6.45) is 9.00. The van der Waals surface area contributed by atoms with Gasteiger partial charge in [0.25, 0.3) is 0 Å². The van der Waals surface area contributed by atoms with Crippen LogP contribution in [0, 0.1) is 11.6 Å². The first kappa shape index (κ1) is 34.0. The van der Waals surface area contributed by atoms with E-state index in [-0.39, 0.29) is 11.3 Å². The molecule has 0 aromatic heterocycles. The van der Waals surface area contributed by atoms with Gasteiger partial charge in [-0.15, -0.1) is 0 Å². The van der Waals surface area contributed by atoms with Gasteiger partial charge in [-0.05, 0) is 73.3 Å². The fourth-order valence-electron chi connectivity index (χ4n) is 4.45. The van der Waals surface area contributed by atoms with Crippen LogP contribution in [0.25, 0.3) is 22.3 Å². The minimum Gasteiger partial charge on any atom is -0.494 e. The molecule has 0 amide bonds. The summed E-state index contributed by atoms with van der Waals surface area (Å²) in [5, 5.41) is 0. The summed E-state index contributed by atoms with van der Waals surface area (Å²) >= 11 is 0. The zero-order valence-corrected chi connectivity index (χ0v) is 28.5. The monoisotopic (exact) mass is 612 g/mol. The van der Waals surface area contributed by atoms with Crippen molar-refractivity contribution in [1.82, 2.24) is 0 Å². The van der Waals surface area contributed by atoms with Crippen molar-refractivity contribution in [3.63, 3.8) is 0 Å². The van der Waals surface area contributed by atoms with E-state index in [4.69, 9.17) is 13.9 Å². The lowest BCUT2D eigenvalue weighted by Crippen LogP contribution is -2.54. The smallest absolute Gasteiger partial charge is 0.201 e. The zero-order chi connectivity index (χ0) is 30.6. The molecule has 0 unspecified atom stereocenters. The Morgan fingerprint density at radius 1 is 0.548 bits per heavy atom. The second-order valence-corrected chi connectivity index (χ2v) is 28.5. The largest absolute Gasteiger partial charge is 0.494 e. The predicted molar refractivity (Wildman–Crippen MR) is 178 cm³/mol. The van der Waals surface area contributed by atoms with Crippen LogP contribution in [0.15, 0.2) is 60.7 Å². The fraction of sp³-hybridized carbons (Fsp3) is 0.486. The maximum Gasteiger partial charge on any atom is 0.201 e. The molecule has 0 radical (unpaired) electrons. The Morgan fingerprint density at radius 2 is 1.07 bits per heavy atom. The van der Waals surface area contributed by atoms with E-state index in [0.29, 0.717) is 18.8 Å². The molecule has 3 nitrogen and oxygen atoms in total. The molecule has 0 saturated carbocycles. The van der Waals surface area contributed by atoms with E-state index in [1.165, 1.54) is 38.2 Å². The third kappa shape index (κ3) is 10.1. The molecule has 0 aliphatic heterocycles. The van der Waals surface area contributed by atoms with Crippen LogP contribution in [-0.4, -0.2) is 35.2 Å². The molecule has 0 heterocycles. The second kappa shape index (κ2) is 16.4. The number of hydrogen-bond donors (Lipinski definition) is 0. The van der Waals surface area contributed by atoms with Gasteiger partial charge in [-0.3, -0.25) is 0 Å². The number of benzene rings is 3. The van der Waals surface area contributed by atoms with E-state index in [0.717, 1.165) is 42.7 Å². The van der Waals surface area contributed by atoms with E-state index >= 15 is 4.39 Å². The lowest BCUT2D eigenvalue weighted by atomic mass is 9.99. The highest BCUT2D eigenvalue weighted by Crippen LogP contribution is 2.32. The fourth-order valence-corrected chi connectivity index (χ4v) is 7.15. The van der Waals surface area contributed by atoms with Crippen molar-refractivity contribution in [1.29, 1.82) is 0 Å². The first-order chi connectivity index (χ1) is 20.0. The molecular weight excluding hydrogens is 563 g/mol. The molecule has 0 fully saturated rings. The van der Waals surface area contributed by atoms with E-state index < -0.39 is 27.1 Å². The lowest BCUT2D eigenvalue weighted by molar-refractivity contribution is 0.257. The van der Waals surface area contributed by atoms with Gasteiger partial charge in [-0.2, -0.15) is 4.39 Å². The highest BCUT2D eigenvalue weighted by atomic mass is 29.3. The molecule has 0 spiro atoms. The topological polar surface area (TPSA) is 27.7 Å². The third-order valence-electron chi connectivity index (χ3n) is 8.26. The minimum atomic E-state index is -1.64. The molecule has 0 bridgehead atoms. The summed E-state index contributed by atoms with van der Waals surface area (Å²) in [6.45, 7) is 15.6. The normalized spacial score (nSPS) is 12.0. The summed E-state index contributed by atoms with van der Waals surface area (Å²) in [6, 6.07) is 18.6. The molecule has 3 aromatic carbocycles. The minimum absolute atomic E-state index is 0.0515. The van der Waals surface area contributed by atoms with E-state index in [1.54, 1.807) is 6.07 Å². The van der Waals surface area contributed by atoms with Crippen LogP contribution in [0.2, 0.25) is 32.7 Å². The Hall–Kier alpha value is -2.49. The Kier molecular flexibility index (Phi) is 13.3. The highest BCUT2D eigenvalue weighted by molar-refractivity contribution is 7.37. The molecule has 3 rings (SSSR count). The van der Waals surface area contributed by atoms with Gasteiger partial charge in [0.2, 0.25) is 5.82 Å². The number of hydrogen-bond acceptors (Lipinski definition) is 3. The van der Waals surface area contributed by atoms with Crippen molar-refractivity contribution in [3.05, 3.63) is 72.3 Å². The standard InChI is InChI=1S/C35H50F2O3Si2/c1-7-8-9-10-11-12-25-38-31-21-19-29(20-22-31)28-15-17-30(18-16-28)32-23-24-33(35(37)34(32)36)39-26-13-14-27-40-42(5,6)41(2,3)4/h15-24H,7-14,25-27H2,1-6H3. The van der Waals surface area contributed by atoms with Gasteiger partial charge in [-0.25, -0.2) is 4.39 Å². The van der Waals surface area contributed by atoms with Gasteiger partial charge in [0, 0.05) is 12.2 Å². The van der Waals surface area contributed by atoms with Crippen molar-refractivity contribution in [3.8, 4) is 33.8 Å². The molecule has 0 saturated heterocycles. The molecule has 0 N–H and O–H groups in total. The summed E-state index contributed by atoms with van der Waals surface area (Å²) in [7, 11) is -2.93. The van der Waals surface area contributed by atoms with Gasteiger partial charge in [0.15, 0.2) is 19.4 Å². The maximum atomic E-state index is 15.0. The summed E-state index contributed by atoms with van der Waals surface area (Å²) in [5.41, 5.74) is 2.88. The SMILES string of the molecule is CCCCCCCCOc1ccc(-c2ccc(-c3ccc(OCCCCO[Si](C)(C)[Si](C)(C)C)c(F)c3F)cc2)cc1. The molecule has 0 aliphatic carbocycles. The first-order valence-corrected chi connectivity index (χ1v) is 23.0. The van der Waals surface area contributed by atoms with E-state index in [9.17, 15) is 4.39 Å². The number of halogens is 2. The Bertz CT molecular complexity index is 1220. The second-order valence-electron chi connectivity index (χ2n) is 12.6. The van der Waals surface area contributed by atoms with Crippen molar-refractivity contribution in [2.75, 3.05) is 19.8 Å². The van der Waals surface area contributed by atoms with E-state index in [2.05, 4.69) is 39.7 Å². The van der Waals surface area contributed by atoms with Gasteiger partial charge in [0.1, 0.15) is 5.75 Å². The predicted octanol–water partition coefficient (Wildman–Crippen LogP) is 10.8. The first-order valence-electron chi connectivity index (χ1n) is 15.6. The molecule has 0 atom stereocenters. The number of unbranched alkanes of at least 4 members (excludes halogenated alkanes) is 6. The average molecular weight is 613 g/mol. The van der Waals surface area contributed by atoms with Gasteiger partial charge in [0.05, 0.1) is 20.8 Å². The molecule has 7 heteroatoms. The van der Waals surface area contributed by atoms with Gasteiger partial charge in [-0.1, -0.05) is 95.1 Å². The van der Waals surface area contributed by atoms with Crippen LogP contribution in [0.3, 0.4) is 0 Å². The summed E-state index contributed by atoms with van der Waals surface area (Å²) in [4.78, 5) is 0. The molecule has 0 aliphatic rings. The molecular formula is C35H50F2O3Si2. The van der Waals surface area contributed by atoms with Crippen LogP contribution >= 0.6 is 0 Å². The summed E-state index contributed by atoms with van der Waals surface area (Å²) in [5.74, 6) is -1.02. The van der Waals surface area contributed by atoms with Crippen LogP contribution in [0.5, 0.6) is 11.5 Å². The highest BCUT2D eigenvalue weighted by Gasteiger charge is 2.38. The van der Waals surface area contributed by atoms with Gasteiger partial charge >= 0.3 is 0 Å². The average Bonchev–Trinajstić information content (AvgIpc) is 2.96. The maximum absolute atomic E-state index is 15.0. The number of ether oxygens (including phenoxy) is 2. The van der Waals surface area contributed by atoms with Crippen LogP contribution in [-0.2, 0) is 4.43 Å². The number of rotatable bonds is 18. The van der Waals surface area contributed by atoms with Crippen molar-refractivity contribution < 1.29 is 22.7 Å². The Labute approximate surface area is 254 Å². The van der Waals surface area contributed by atoms with Crippen molar-refractivity contribution in [2.45, 2.75) is 91.0 Å². The molecule has 230 valence electrons. The van der Waals surface area contributed by atoms with Crippen LogP contribution in [0.4, 0.5) is 8.78 Å². The molecule has 42 heavy (non-hydrogen) atoms. The van der Waals surface area contributed by atoms with Gasteiger partial charge < -0.3 is 13.9 Å². The van der Waals surface area contributed by atoms with E-state index in [1.807, 2.05) is 48.5 Å². The Balaban J connectivity index is 1.49. The quantitative estimate of drug-likeness (QED) is 0.106. The zero-order valence-electron chi connectivity index (χ0n) is 26.5. The summed E-state index contributed by atoms with van der Waals surface area (Å²) < 4.78 is 47.6.